The number of hydrogen-bond acceptors (Lipinski definition) is 5. The van der Waals surface area contributed by atoms with Gasteiger partial charge >= 0.3 is 0 Å². The largest absolute Gasteiger partial charge is 0.507 e. The molecule has 2 saturated carbocycles. The van der Waals surface area contributed by atoms with Gasteiger partial charge in [0, 0.05) is 25.6 Å². The van der Waals surface area contributed by atoms with Crippen LogP contribution in [0.25, 0.3) is 0 Å². The number of nitrogens with one attached hydrogen (secondary N) is 1. The summed E-state index contributed by atoms with van der Waals surface area (Å²) in [5, 5.41) is 13.5. The van der Waals surface area contributed by atoms with Crippen molar-refractivity contribution in [3.63, 3.8) is 0 Å². The Morgan fingerprint density at radius 3 is 2.54 bits per heavy atom. The Bertz CT molecular complexity index is 1020. The number of carbonyl (C=O) groups excluding carboxylic acids is 4. The number of fused-ring (bicyclic) bond motifs is 5. The van der Waals surface area contributed by atoms with Crippen molar-refractivity contribution in [1.29, 1.82) is 0 Å². The van der Waals surface area contributed by atoms with Gasteiger partial charge in [-0.15, -0.1) is 0 Å². The van der Waals surface area contributed by atoms with Crippen LogP contribution in [0, 0.1) is 35.5 Å². The van der Waals surface area contributed by atoms with Crippen LogP contribution in [0.15, 0.2) is 47.8 Å². The fraction of sp³-hybridized carbons (Fsp3) is 0.571. The summed E-state index contributed by atoms with van der Waals surface area (Å²) in [4.78, 5) is 52.5. The minimum absolute atomic E-state index is 0.0160. The molecule has 2 aliphatic heterocycles. The molecular weight excluding hydrogens is 444 g/mol. The molecule has 2 bridgehead atoms. The molecule has 7 atom stereocenters. The number of carbonyl (C=O) groups is 4. The van der Waals surface area contributed by atoms with Gasteiger partial charge in [-0.25, -0.2) is 0 Å². The summed E-state index contributed by atoms with van der Waals surface area (Å²) in [5.74, 6) is 0.00945. The monoisotopic (exact) mass is 480 g/mol. The number of amides is 2. The Labute approximate surface area is 207 Å². The van der Waals surface area contributed by atoms with E-state index in [1.807, 2.05) is 6.08 Å². The molecule has 2 heterocycles. The van der Waals surface area contributed by atoms with E-state index in [1.54, 1.807) is 25.3 Å². The van der Waals surface area contributed by atoms with E-state index in [2.05, 4.69) is 19.2 Å². The molecule has 35 heavy (non-hydrogen) atoms. The number of nitrogens with zero attached hydrogens (tertiary/aromatic N) is 1. The van der Waals surface area contributed by atoms with Crippen molar-refractivity contribution in [3.05, 3.63) is 47.8 Å². The Hall–Kier alpha value is -2.96. The van der Waals surface area contributed by atoms with E-state index in [0.717, 1.165) is 19.3 Å². The maximum Gasteiger partial charge on any atom is 0.261 e. The molecule has 7 unspecified atom stereocenters. The average molecular weight is 481 g/mol. The molecule has 0 spiro atoms. The van der Waals surface area contributed by atoms with Gasteiger partial charge in [0.25, 0.3) is 5.91 Å². The van der Waals surface area contributed by atoms with E-state index in [0.29, 0.717) is 37.1 Å². The second-order valence-electron chi connectivity index (χ2n) is 10.5. The maximum atomic E-state index is 13.3. The standard InChI is InChI=1S/C28H36N2O5/c1-4-17-14-20-19(16(17)2)15-18-11-12-23(32)26-27(34)21(30(3)28(26)35)8-7-13-29-24(33)10-6-5-9-22(31)25(18)20/h5-6,9-12,16-21,25,32H,4,7-8,13-15H2,1-3H3,(H,29,33)/b9-5+,10-6+,12-11+,26-23-. The number of aliphatic hydroxyl groups excluding tert-OH is 1. The van der Waals surface area contributed by atoms with Crippen LogP contribution in [0.4, 0.5) is 0 Å². The van der Waals surface area contributed by atoms with E-state index in [-0.39, 0.29) is 40.8 Å². The predicted octanol–water partition coefficient (Wildman–Crippen LogP) is 3.29. The molecule has 7 heteroatoms. The van der Waals surface area contributed by atoms with Crippen LogP contribution in [0.1, 0.15) is 46.0 Å². The van der Waals surface area contributed by atoms with Gasteiger partial charge in [0.05, 0.1) is 6.04 Å². The molecule has 1 saturated heterocycles. The lowest BCUT2D eigenvalue weighted by Gasteiger charge is -2.21. The normalized spacial score (nSPS) is 41.1. The maximum absolute atomic E-state index is 13.3. The van der Waals surface area contributed by atoms with Crippen LogP contribution in [0.2, 0.25) is 0 Å². The first-order valence-electron chi connectivity index (χ1n) is 12.8. The summed E-state index contributed by atoms with van der Waals surface area (Å²) in [5.41, 5.74) is -0.192. The van der Waals surface area contributed by atoms with E-state index in [9.17, 15) is 24.3 Å². The highest BCUT2D eigenvalue weighted by molar-refractivity contribution is 6.26. The predicted molar refractivity (Wildman–Crippen MR) is 132 cm³/mol. The van der Waals surface area contributed by atoms with Gasteiger partial charge < -0.3 is 15.3 Å². The van der Waals surface area contributed by atoms with Gasteiger partial charge in [0.1, 0.15) is 11.3 Å². The molecule has 2 N–H and O–H groups in total. The lowest BCUT2D eigenvalue weighted by atomic mass is 9.82. The fourth-order valence-electron chi connectivity index (χ4n) is 6.81. The lowest BCUT2D eigenvalue weighted by Crippen LogP contribution is -2.33. The van der Waals surface area contributed by atoms with Gasteiger partial charge in [0.2, 0.25) is 5.91 Å². The summed E-state index contributed by atoms with van der Waals surface area (Å²) in [6.45, 7) is 4.83. The number of Topliss-reactive ketones (excluding diaryl/α,β-unsaturated/α-hetero) is 1. The molecule has 2 amide bonds. The minimum Gasteiger partial charge on any atom is -0.507 e. The number of allylic oxidation sites excluding steroid dienone is 5. The number of likely N-dealkylation sites (tertiary alicyclic amines) is 1. The van der Waals surface area contributed by atoms with Gasteiger partial charge in [-0.05, 0) is 67.4 Å². The number of rotatable bonds is 1. The zero-order chi connectivity index (χ0) is 25.3. The average Bonchev–Trinajstić information content (AvgIpc) is 3.41. The van der Waals surface area contributed by atoms with Crippen LogP contribution >= 0.6 is 0 Å². The van der Waals surface area contributed by atoms with Crippen LogP contribution < -0.4 is 5.32 Å². The summed E-state index contributed by atoms with van der Waals surface area (Å²) in [7, 11) is 1.56. The highest BCUT2D eigenvalue weighted by Crippen LogP contribution is 2.56. The van der Waals surface area contributed by atoms with Crippen LogP contribution in [0.5, 0.6) is 0 Å². The highest BCUT2D eigenvalue weighted by atomic mass is 16.3. The van der Waals surface area contributed by atoms with E-state index < -0.39 is 17.7 Å². The van der Waals surface area contributed by atoms with Crippen molar-refractivity contribution < 1.29 is 24.3 Å². The molecule has 0 aromatic rings. The summed E-state index contributed by atoms with van der Waals surface area (Å²) in [6.07, 6.45) is 13.3. The Morgan fingerprint density at radius 1 is 1.06 bits per heavy atom. The first-order valence-corrected chi connectivity index (χ1v) is 12.8. The van der Waals surface area contributed by atoms with Crippen LogP contribution in [-0.4, -0.2) is 53.0 Å². The van der Waals surface area contributed by atoms with Gasteiger partial charge in [-0.3, -0.25) is 19.2 Å². The molecular formula is C28H36N2O5. The number of likely N-dealkylation sites (N-methyl/N-ethyl adjacent to an activating group) is 1. The third kappa shape index (κ3) is 4.78. The van der Waals surface area contributed by atoms with Gasteiger partial charge in [-0.2, -0.15) is 0 Å². The van der Waals surface area contributed by atoms with Crippen molar-refractivity contribution in [2.75, 3.05) is 13.6 Å². The smallest absolute Gasteiger partial charge is 0.261 e. The SMILES string of the molecule is CCC1CC2C(CC3/C=C/C(O)=C4\C(=O)C(CCCNC(=O)/C=C/C=C/C(=O)C32)N(C)C4=O)C1C. The summed E-state index contributed by atoms with van der Waals surface area (Å²) >= 11 is 0. The molecule has 188 valence electrons. The Morgan fingerprint density at radius 2 is 1.80 bits per heavy atom. The minimum atomic E-state index is -0.658. The van der Waals surface area contributed by atoms with Crippen molar-refractivity contribution in [3.8, 4) is 0 Å². The number of ketones is 2. The summed E-state index contributed by atoms with van der Waals surface area (Å²) in [6, 6.07) is -0.658. The molecule has 0 aromatic carbocycles. The van der Waals surface area contributed by atoms with Crippen molar-refractivity contribution >= 4 is 23.4 Å². The van der Waals surface area contributed by atoms with E-state index in [1.165, 1.54) is 17.1 Å². The molecule has 2 aliphatic carbocycles. The first-order chi connectivity index (χ1) is 16.7. The first kappa shape index (κ1) is 25.1. The second kappa shape index (κ2) is 10.3. The Kier molecular flexibility index (Phi) is 7.43. The molecule has 0 radical (unpaired) electrons. The van der Waals surface area contributed by atoms with E-state index >= 15 is 0 Å². The molecule has 4 rings (SSSR count). The lowest BCUT2D eigenvalue weighted by molar-refractivity contribution is -0.125. The zero-order valence-corrected chi connectivity index (χ0v) is 20.8. The van der Waals surface area contributed by atoms with Crippen molar-refractivity contribution in [2.24, 2.45) is 35.5 Å². The topological polar surface area (TPSA) is 104 Å². The van der Waals surface area contributed by atoms with Crippen LogP contribution in [-0.2, 0) is 19.2 Å². The van der Waals surface area contributed by atoms with Crippen LogP contribution in [0.3, 0.4) is 0 Å². The zero-order valence-electron chi connectivity index (χ0n) is 20.8. The summed E-state index contributed by atoms with van der Waals surface area (Å²) < 4.78 is 0. The van der Waals surface area contributed by atoms with Gasteiger partial charge in [0.15, 0.2) is 11.6 Å². The molecule has 0 aromatic heterocycles. The third-order valence-electron chi connectivity index (χ3n) is 8.74. The van der Waals surface area contributed by atoms with Crippen molar-refractivity contribution in [1.82, 2.24) is 10.2 Å². The third-order valence-corrected chi connectivity index (χ3v) is 8.74. The van der Waals surface area contributed by atoms with E-state index in [4.69, 9.17) is 0 Å². The Balaban J connectivity index is 1.69. The second-order valence-corrected chi connectivity index (χ2v) is 10.5. The molecule has 7 nitrogen and oxygen atoms in total. The van der Waals surface area contributed by atoms with Gasteiger partial charge in [-0.1, -0.05) is 38.5 Å². The highest BCUT2D eigenvalue weighted by Gasteiger charge is 2.52. The molecule has 4 aliphatic rings. The number of aliphatic hydroxyl groups is 1. The quantitative estimate of drug-likeness (QED) is 0.561. The molecule has 3 fully saturated rings. The fourth-order valence-corrected chi connectivity index (χ4v) is 6.81. The number of hydrogen-bond donors (Lipinski definition) is 2. The van der Waals surface area contributed by atoms with Crippen molar-refractivity contribution in [2.45, 2.75) is 52.0 Å².